The van der Waals surface area contributed by atoms with Gasteiger partial charge in [-0.15, -0.1) is 0 Å². The first-order valence-corrected chi connectivity index (χ1v) is 10.0. The largest absolute Gasteiger partial charge is 0.376 e. The van der Waals surface area contributed by atoms with Crippen molar-refractivity contribution < 1.29 is 9.53 Å². The van der Waals surface area contributed by atoms with Crippen LogP contribution in [0.15, 0.2) is 6.33 Å². The molecule has 1 aliphatic carbocycles. The van der Waals surface area contributed by atoms with Crippen LogP contribution in [0.2, 0.25) is 0 Å². The molecular formula is C19H29N5O2. The van der Waals surface area contributed by atoms with Crippen LogP contribution in [-0.2, 0) is 17.6 Å². The number of piperidine rings is 1. The lowest BCUT2D eigenvalue weighted by atomic mass is 9.95. The summed E-state index contributed by atoms with van der Waals surface area (Å²) in [5, 5.41) is 6.06. The van der Waals surface area contributed by atoms with Crippen LogP contribution in [-0.4, -0.2) is 54.4 Å². The van der Waals surface area contributed by atoms with Crippen molar-refractivity contribution in [3.63, 3.8) is 0 Å². The van der Waals surface area contributed by atoms with E-state index < -0.39 is 0 Å². The fraction of sp³-hybridized carbons (Fsp3) is 0.737. The molecule has 1 aromatic rings. The number of hydrogen-bond donors (Lipinski definition) is 2. The van der Waals surface area contributed by atoms with Gasteiger partial charge in [-0.05, 0) is 51.4 Å². The number of hydrogen-bond acceptors (Lipinski definition) is 5. The van der Waals surface area contributed by atoms with Gasteiger partial charge in [0.2, 0.25) is 0 Å². The van der Waals surface area contributed by atoms with Crippen LogP contribution < -0.4 is 15.5 Å². The third-order valence-corrected chi connectivity index (χ3v) is 5.75. The highest BCUT2D eigenvalue weighted by molar-refractivity contribution is 5.74. The molecule has 0 bridgehead atoms. The van der Waals surface area contributed by atoms with Gasteiger partial charge >= 0.3 is 6.03 Å². The van der Waals surface area contributed by atoms with Crippen molar-refractivity contribution in [3.8, 4) is 0 Å². The highest BCUT2D eigenvalue weighted by Gasteiger charge is 2.25. The molecule has 142 valence electrons. The Morgan fingerprint density at radius 3 is 2.81 bits per heavy atom. The molecule has 2 amide bonds. The first-order chi connectivity index (χ1) is 12.8. The fourth-order valence-corrected chi connectivity index (χ4v) is 4.26. The van der Waals surface area contributed by atoms with Crippen LogP contribution in [0, 0.1) is 0 Å². The molecule has 2 N–H and O–H groups in total. The summed E-state index contributed by atoms with van der Waals surface area (Å²) in [4.78, 5) is 23.5. The second-order valence-corrected chi connectivity index (χ2v) is 7.58. The smallest absolute Gasteiger partial charge is 0.315 e. The number of rotatable bonds is 4. The van der Waals surface area contributed by atoms with Crippen LogP contribution in [0.5, 0.6) is 0 Å². The molecular weight excluding hydrogens is 330 g/mol. The van der Waals surface area contributed by atoms with E-state index in [-0.39, 0.29) is 18.2 Å². The third kappa shape index (κ3) is 4.09. The van der Waals surface area contributed by atoms with Gasteiger partial charge < -0.3 is 20.3 Å². The summed E-state index contributed by atoms with van der Waals surface area (Å²) in [7, 11) is 0. The molecule has 3 heterocycles. The second-order valence-electron chi connectivity index (χ2n) is 7.58. The van der Waals surface area contributed by atoms with E-state index in [1.54, 1.807) is 6.33 Å². The maximum absolute atomic E-state index is 12.1. The molecule has 3 aliphatic rings. The molecule has 1 atom stereocenters. The Labute approximate surface area is 154 Å². The van der Waals surface area contributed by atoms with Crippen LogP contribution in [0.25, 0.3) is 0 Å². The summed E-state index contributed by atoms with van der Waals surface area (Å²) in [6, 6.07) is 0.159. The second kappa shape index (κ2) is 8.20. The van der Waals surface area contributed by atoms with E-state index in [2.05, 4.69) is 25.5 Å². The molecule has 0 spiro atoms. The molecule has 7 nitrogen and oxygen atoms in total. The molecule has 4 rings (SSSR count). The number of nitrogens with one attached hydrogen (secondary N) is 2. The maximum Gasteiger partial charge on any atom is 0.315 e. The van der Waals surface area contributed by atoms with Crippen molar-refractivity contribution >= 4 is 11.8 Å². The summed E-state index contributed by atoms with van der Waals surface area (Å²) < 4.78 is 5.54. The predicted octanol–water partition coefficient (Wildman–Crippen LogP) is 1.80. The van der Waals surface area contributed by atoms with Gasteiger partial charge in [0, 0.05) is 43.5 Å². The Morgan fingerprint density at radius 2 is 2.00 bits per heavy atom. The number of carbonyl (C=O) groups is 1. The van der Waals surface area contributed by atoms with Gasteiger partial charge in [0.05, 0.1) is 6.10 Å². The van der Waals surface area contributed by atoms with E-state index in [0.717, 1.165) is 64.0 Å². The Hall–Kier alpha value is -1.89. The number of aryl methyl sites for hydroxylation is 1. The van der Waals surface area contributed by atoms with Gasteiger partial charge in [-0.25, -0.2) is 14.8 Å². The Bertz CT molecular complexity index is 624. The number of ether oxygens (including phenoxy) is 1. The molecule has 0 saturated carbocycles. The number of amides is 2. The molecule has 0 radical (unpaired) electrons. The zero-order chi connectivity index (χ0) is 17.8. The zero-order valence-corrected chi connectivity index (χ0v) is 15.4. The lowest BCUT2D eigenvalue weighted by molar-refractivity contribution is 0.111. The number of fused-ring (bicyclic) bond motifs is 1. The number of anilines is 1. The summed E-state index contributed by atoms with van der Waals surface area (Å²) in [6.07, 6.45) is 10.6. The normalized spacial score (nSPS) is 23.5. The summed E-state index contributed by atoms with van der Waals surface area (Å²) in [6.45, 7) is 3.29. The fourth-order valence-electron chi connectivity index (χ4n) is 4.26. The molecule has 2 saturated heterocycles. The molecule has 0 unspecified atom stereocenters. The van der Waals surface area contributed by atoms with E-state index in [0.29, 0.717) is 6.54 Å². The van der Waals surface area contributed by atoms with Gasteiger partial charge in [0.1, 0.15) is 12.1 Å². The Balaban J connectivity index is 1.26. The minimum atomic E-state index is -0.0710. The quantitative estimate of drug-likeness (QED) is 0.857. The van der Waals surface area contributed by atoms with E-state index in [1.165, 1.54) is 24.1 Å². The summed E-state index contributed by atoms with van der Waals surface area (Å²) >= 11 is 0. The topological polar surface area (TPSA) is 79.4 Å². The van der Waals surface area contributed by atoms with Crippen molar-refractivity contribution in [1.29, 1.82) is 0 Å². The lowest BCUT2D eigenvalue weighted by Crippen LogP contribution is -2.49. The molecule has 0 aromatic carbocycles. The monoisotopic (exact) mass is 359 g/mol. The van der Waals surface area contributed by atoms with Crippen LogP contribution in [0.4, 0.5) is 10.6 Å². The summed E-state index contributed by atoms with van der Waals surface area (Å²) in [5.41, 5.74) is 2.58. The standard InChI is InChI=1S/C19H29N5O2/c25-19(20-12-15-4-3-11-26-15)23-14-7-9-24(10-8-14)18-16-5-1-2-6-17(16)21-13-22-18/h13-15H,1-12H2,(H2,20,23,25)/t15-/m0/s1. The van der Waals surface area contributed by atoms with Crippen molar-refractivity contribution in [1.82, 2.24) is 20.6 Å². The number of aromatic nitrogens is 2. The van der Waals surface area contributed by atoms with Crippen LogP contribution in [0.3, 0.4) is 0 Å². The van der Waals surface area contributed by atoms with Crippen LogP contribution in [0.1, 0.15) is 49.8 Å². The van der Waals surface area contributed by atoms with Crippen molar-refractivity contribution in [3.05, 3.63) is 17.6 Å². The maximum atomic E-state index is 12.1. The first kappa shape index (κ1) is 17.5. The van der Waals surface area contributed by atoms with Crippen LogP contribution >= 0.6 is 0 Å². The Kier molecular flexibility index (Phi) is 5.53. The van der Waals surface area contributed by atoms with E-state index in [9.17, 15) is 4.79 Å². The molecule has 26 heavy (non-hydrogen) atoms. The Morgan fingerprint density at radius 1 is 1.15 bits per heavy atom. The molecule has 7 heteroatoms. The average molecular weight is 359 g/mol. The minimum Gasteiger partial charge on any atom is -0.376 e. The number of carbonyl (C=O) groups excluding carboxylic acids is 1. The average Bonchev–Trinajstić information content (AvgIpc) is 3.20. The van der Waals surface area contributed by atoms with E-state index in [1.807, 2.05) is 0 Å². The highest BCUT2D eigenvalue weighted by atomic mass is 16.5. The summed E-state index contributed by atoms with van der Waals surface area (Å²) in [5.74, 6) is 1.12. The van der Waals surface area contributed by atoms with Crippen molar-refractivity contribution in [2.75, 3.05) is 31.1 Å². The van der Waals surface area contributed by atoms with Gasteiger partial charge in [0.25, 0.3) is 0 Å². The van der Waals surface area contributed by atoms with Gasteiger partial charge in [-0.3, -0.25) is 0 Å². The molecule has 2 fully saturated rings. The SMILES string of the molecule is O=C(NC[C@@H]1CCCO1)NC1CCN(c2ncnc3c2CCCC3)CC1. The van der Waals surface area contributed by atoms with Crippen molar-refractivity contribution in [2.45, 2.75) is 63.5 Å². The highest BCUT2D eigenvalue weighted by Crippen LogP contribution is 2.28. The first-order valence-electron chi connectivity index (χ1n) is 10.0. The molecule has 2 aliphatic heterocycles. The van der Waals surface area contributed by atoms with Gasteiger partial charge in [0.15, 0.2) is 0 Å². The minimum absolute atomic E-state index is 0.0710. The van der Waals surface area contributed by atoms with Crippen molar-refractivity contribution in [2.24, 2.45) is 0 Å². The lowest BCUT2D eigenvalue weighted by Gasteiger charge is -2.35. The number of nitrogens with zero attached hydrogens (tertiary/aromatic N) is 3. The molecule has 1 aromatic heterocycles. The van der Waals surface area contributed by atoms with Gasteiger partial charge in [-0.1, -0.05) is 0 Å². The van der Waals surface area contributed by atoms with E-state index in [4.69, 9.17) is 4.74 Å². The predicted molar refractivity (Wildman–Crippen MR) is 99.4 cm³/mol. The zero-order valence-electron chi connectivity index (χ0n) is 15.4. The van der Waals surface area contributed by atoms with Gasteiger partial charge in [-0.2, -0.15) is 0 Å². The van der Waals surface area contributed by atoms with E-state index >= 15 is 0 Å². The number of urea groups is 1. The third-order valence-electron chi connectivity index (χ3n) is 5.75.